The van der Waals surface area contributed by atoms with E-state index < -0.39 is 11.8 Å². The molecule has 0 fully saturated rings. The first kappa shape index (κ1) is 15.7. The predicted molar refractivity (Wildman–Crippen MR) is 92.3 cm³/mol. The van der Waals surface area contributed by atoms with Gasteiger partial charge in [-0.05, 0) is 44.5 Å². The smallest absolute Gasteiger partial charge is 0.230 e. The number of hydrogen-bond donors (Lipinski definition) is 0. The van der Waals surface area contributed by atoms with Crippen molar-refractivity contribution in [3.8, 4) is 11.3 Å². The zero-order valence-electron chi connectivity index (χ0n) is 14.4. The van der Waals surface area contributed by atoms with Gasteiger partial charge in [-0.1, -0.05) is 0 Å². The Morgan fingerprint density at radius 3 is 2.52 bits per heavy atom. The number of fused-ring (bicyclic) bond motifs is 3. The third-order valence-corrected chi connectivity index (χ3v) is 4.55. The summed E-state index contributed by atoms with van der Waals surface area (Å²) in [5, 5.41) is 0.828. The van der Waals surface area contributed by atoms with Crippen molar-refractivity contribution >= 4 is 22.1 Å². The first-order valence-electron chi connectivity index (χ1n) is 8.02. The summed E-state index contributed by atoms with van der Waals surface area (Å²) in [6.45, 7) is 5.45. The topological polar surface area (TPSA) is 29.9 Å². The van der Waals surface area contributed by atoms with Crippen LogP contribution in [0.15, 0.2) is 34.9 Å². The number of hydrogen-bond acceptors (Lipinski definition) is 2. The molecule has 126 valence electrons. The van der Waals surface area contributed by atoms with Crippen LogP contribution < -0.4 is 4.57 Å². The molecule has 3 heterocycles. The Kier molecular flexibility index (Phi) is 3.35. The Labute approximate surface area is 143 Å². The third kappa shape index (κ3) is 2.30. The van der Waals surface area contributed by atoms with Gasteiger partial charge in [0.15, 0.2) is 11.8 Å². The Morgan fingerprint density at radius 2 is 1.80 bits per heavy atom. The maximum Gasteiger partial charge on any atom is 0.230 e. The summed E-state index contributed by atoms with van der Waals surface area (Å²) in [5.74, 6) is -0.997. The van der Waals surface area contributed by atoms with Gasteiger partial charge in [-0.2, -0.15) is 9.37 Å². The van der Waals surface area contributed by atoms with Crippen molar-refractivity contribution in [2.75, 3.05) is 0 Å². The average Bonchev–Trinajstić information content (AvgIpc) is 2.88. The zero-order chi connectivity index (χ0) is 17.9. The standard InChI is InChI=1S/C20H17F2N2O/c1-10-5-6-15(24(4)9-10)16-11(2)8-14(21)17-13-7-12(3)19(22)23-20(13)25-18(16)17/h5-9H,1-4H3/q+1. The largest absolute Gasteiger partial charge is 0.437 e. The lowest BCUT2D eigenvalue weighted by atomic mass is 10.00. The highest BCUT2D eigenvalue weighted by molar-refractivity contribution is 6.09. The number of aromatic nitrogens is 2. The van der Waals surface area contributed by atoms with Crippen LogP contribution in [0.25, 0.3) is 33.3 Å². The van der Waals surface area contributed by atoms with E-state index in [0.29, 0.717) is 21.9 Å². The van der Waals surface area contributed by atoms with Crippen LogP contribution in [0.5, 0.6) is 0 Å². The van der Waals surface area contributed by atoms with Gasteiger partial charge in [0.2, 0.25) is 17.4 Å². The molecule has 0 N–H and O–H groups in total. The second-order valence-electron chi connectivity index (χ2n) is 6.51. The molecule has 25 heavy (non-hydrogen) atoms. The number of furan rings is 1. The van der Waals surface area contributed by atoms with Gasteiger partial charge < -0.3 is 4.42 Å². The minimum atomic E-state index is -0.605. The number of aryl methyl sites for hydroxylation is 4. The van der Waals surface area contributed by atoms with Gasteiger partial charge in [-0.15, -0.1) is 0 Å². The zero-order valence-corrected chi connectivity index (χ0v) is 14.4. The minimum Gasteiger partial charge on any atom is -0.437 e. The molecule has 0 radical (unpaired) electrons. The molecule has 1 aromatic carbocycles. The van der Waals surface area contributed by atoms with Crippen molar-refractivity contribution < 1.29 is 17.8 Å². The lowest BCUT2D eigenvalue weighted by Crippen LogP contribution is -2.31. The molecule has 0 atom stereocenters. The third-order valence-electron chi connectivity index (χ3n) is 4.55. The number of nitrogens with zero attached hydrogens (tertiary/aromatic N) is 2. The molecule has 0 bridgehead atoms. The van der Waals surface area contributed by atoms with Crippen LogP contribution in [0.3, 0.4) is 0 Å². The second-order valence-corrected chi connectivity index (χ2v) is 6.51. The highest BCUT2D eigenvalue weighted by Gasteiger charge is 2.24. The Balaban J connectivity index is 2.18. The quantitative estimate of drug-likeness (QED) is 0.372. The molecule has 0 unspecified atom stereocenters. The lowest BCUT2D eigenvalue weighted by Gasteiger charge is -2.06. The van der Waals surface area contributed by atoms with E-state index in [9.17, 15) is 8.78 Å². The van der Waals surface area contributed by atoms with Crippen LogP contribution in [0.4, 0.5) is 8.78 Å². The van der Waals surface area contributed by atoms with Gasteiger partial charge >= 0.3 is 0 Å². The first-order chi connectivity index (χ1) is 11.9. The van der Waals surface area contributed by atoms with Crippen LogP contribution in [-0.2, 0) is 7.05 Å². The Hall–Kier alpha value is -2.82. The monoisotopic (exact) mass is 339 g/mol. The summed E-state index contributed by atoms with van der Waals surface area (Å²) in [7, 11) is 1.93. The molecule has 0 aliphatic heterocycles. The molecule has 0 saturated heterocycles. The fraction of sp³-hybridized carbons (Fsp3) is 0.200. The highest BCUT2D eigenvalue weighted by atomic mass is 19.1. The molecule has 0 saturated carbocycles. The van der Waals surface area contributed by atoms with Crippen molar-refractivity contribution in [3.63, 3.8) is 0 Å². The summed E-state index contributed by atoms with van der Waals surface area (Å²) in [6.07, 6.45) is 1.99. The summed E-state index contributed by atoms with van der Waals surface area (Å²) >= 11 is 0. The van der Waals surface area contributed by atoms with E-state index in [1.165, 1.54) is 6.07 Å². The van der Waals surface area contributed by atoms with Crippen molar-refractivity contribution in [1.29, 1.82) is 0 Å². The van der Waals surface area contributed by atoms with E-state index in [-0.39, 0.29) is 5.71 Å². The number of rotatable bonds is 1. The van der Waals surface area contributed by atoms with E-state index in [1.54, 1.807) is 13.0 Å². The van der Waals surface area contributed by atoms with Gasteiger partial charge in [0.05, 0.1) is 16.3 Å². The van der Waals surface area contributed by atoms with E-state index >= 15 is 0 Å². The minimum absolute atomic E-state index is 0.110. The van der Waals surface area contributed by atoms with Crippen molar-refractivity contribution in [2.45, 2.75) is 20.8 Å². The van der Waals surface area contributed by atoms with Gasteiger partial charge in [0, 0.05) is 17.2 Å². The summed E-state index contributed by atoms with van der Waals surface area (Å²) in [4.78, 5) is 3.85. The highest BCUT2D eigenvalue weighted by Crippen LogP contribution is 2.38. The van der Waals surface area contributed by atoms with Crippen LogP contribution in [-0.4, -0.2) is 4.98 Å². The maximum atomic E-state index is 14.7. The van der Waals surface area contributed by atoms with Gasteiger partial charge in [0.1, 0.15) is 12.9 Å². The van der Waals surface area contributed by atoms with E-state index in [2.05, 4.69) is 4.98 Å². The average molecular weight is 339 g/mol. The molecule has 3 nitrogen and oxygen atoms in total. The molecular formula is C20H17F2N2O+. The molecule has 0 spiro atoms. The number of pyridine rings is 2. The predicted octanol–water partition coefficient (Wildman–Crippen LogP) is 4.68. The first-order valence-corrected chi connectivity index (χ1v) is 8.02. The molecular weight excluding hydrogens is 322 g/mol. The van der Waals surface area contributed by atoms with E-state index in [0.717, 1.165) is 22.4 Å². The number of halogens is 2. The molecule has 3 aromatic heterocycles. The molecule has 5 heteroatoms. The van der Waals surface area contributed by atoms with Gasteiger partial charge in [-0.25, -0.2) is 8.96 Å². The van der Waals surface area contributed by atoms with Gasteiger partial charge in [0.25, 0.3) is 0 Å². The molecule has 4 aromatic rings. The van der Waals surface area contributed by atoms with Crippen molar-refractivity contribution in [3.05, 3.63) is 58.9 Å². The molecule has 4 rings (SSSR count). The summed E-state index contributed by atoms with van der Waals surface area (Å²) in [6, 6.07) is 7.04. The molecule has 0 aliphatic carbocycles. The maximum absolute atomic E-state index is 14.7. The Morgan fingerprint density at radius 1 is 1.04 bits per heavy atom. The second kappa shape index (κ2) is 5.34. The normalized spacial score (nSPS) is 11.6. The molecule has 0 amide bonds. The SMILES string of the molecule is Cc1ccc(-c2c(C)cc(F)c3c2oc2nc(F)c(C)cc23)[n+](C)c1. The van der Waals surface area contributed by atoms with Crippen molar-refractivity contribution in [1.82, 2.24) is 4.98 Å². The fourth-order valence-electron chi connectivity index (χ4n) is 3.35. The number of benzene rings is 1. The van der Waals surface area contributed by atoms with Gasteiger partial charge in [-0.3, -0.25) is 0 Å². The van der Waals surface area contributed by atoms with E-state index in [1.807, 2.05) is 43.8 Å². The summed E-state index contributed by atoms with van der Waals surface area (Å²) < 4.78 is 36.3. The van der Waals surface area contributed by atoms with Crippen LogP contribution >= 0.6 is 0 Å². The van der Waals surface area contributed by atoms with Crippen LogP contribution in [0.2, 0.25) is 0 Å². The van der Waals surface area contributed by atoms with Crippen LogP contribution in [0, 0.1) is 32.5 Å². The molecule has 0 aliphatic rings. The Bertz CT molecular complexity index is 1160. The van der Waals surface area contributed by atoms with Crippen LogP contribution in [0.1, 0.15) is 16.7 Å². The van der Waals surface area contributed by atoms with Crippen molar-refractivity contribution in [2.24, 2.45) is 7.05 Å². The fourth-order valence-corrected chi connectivity index (χ4v) is 3.35. The lowest BCUT2D eigenvalue weighted by molar-refractivity contribution is -0.660. The van der Waals surface area contributed by atoms with E-state index in [4.69, 9.17) is 4.42 Å². The summed E-state index contributed by atoms with van der Waals surface area (Å²) in [5.41, 5.74) is 4.41.